The molecule has 1 atom stereocenters. The third-order valence-corrected chi connectivity index (χ3v) is 12.3. The van der Waals surface area contributed by atoms with Crippen LogP contribution in [0.1, 0.15) is 63.6 Å². The third-order valence-electron chi connectivity index (χ3n) is 6.22. The third kappa shape index (κ3) is 5.73. The van der Waals surface area contributed by atoms with Crippen molar-refractivity contribution >= 4 is 14.3 Å². The average Bonchev–Trinajstić information content (AvgIpc) is 2.78. The summed E-state index contributed by atoms with van der Waals surface area (Å²) in [4.78, 5) is 11.9. The number of benzene rings is 2. The molecule has 6 heteroatoms. The molecule has 0 spiro atoms. The molecule has 0 fully saturated rings. The number of esters is 1. The van der Waals surface area contributed by atoms with Crippen LogP contribution in [0, 0.1) is 0 Å². The number of methoxy groups -OCH3 is 2. The van der Waals surface area contributed by atoms with Crippen LogP contribution in [0.3, 0.4) is 0 Å². The monoisotopic (exact) mass is 458 g/mol. The van der Waals surface area contributed by atoms with E-state index in [1.165, 1.54) is 7.11 Å². The number of carbonyl (C=O) groups is 1. The Morgan fingerprint density at radius 1 is 0.844 bits per heavy atom. The summed E-state index contributed by atoms with van der Waals surface area (Å²) in [7, 11) is 0.855. The maximum atomic E-state index is 11.9. The molecule has 5 nitrogen and oxygen atoms in total. The summed E-state index contributed by atoms with van der Waals surface area (Å²) < 4.78 is 23.6. The fourth-order valence-electron chi connectivity index (χ4n) is 4.75. The van der Waals surface area contributed by atoms with Crippen LogP contribution in [0.2, 0.25) is 16.6 Å². The lowest BCUT2D eigenvalue weighted by atomic mass is 10.1. The number of carbonyl (C=O) groups excluding carboxylic acids is 1. The van der Waals surface area contributed by atoms with E-state index in [1.807, 2.05) is 30.3 Å². The summed E-state index contributed by atoms with van der Waals surface area (Å²) in [6, 6.07) is 15.2. The first kappa shape index (κ1) is 25.9. The van der Waals surface area contributed by atoms with Gasteiger partial charge in [0.2, 0.25) is 8.32 Å². The largest absolute Gasteiger partial charge is 0.493 e. The van der Waals surface area contributed by atoms with Crippen LogP contribution >= 0.6 is 0 Å². The molecule has 32 heavy (non-hydrogen) atoms. The molecule has 0 aliphatic rings. The molecule has 0 bridgehead atoms. The minimum atomic E-state index is -2.06. The fourth-order valence-corrected chi connectivity index (χ4v) is 10.2. The highest BCUT2D eigenvalue weighted by Gasteiger charge is 2.45. The summed E-state index contributed by atoms with van der Waals surface area (Å²) in [5.74, 6) is 0.622. The first-order chi connectivity index (χ1) is 15.2. The van der Waals surface area contributed by atoms with Gasteiger partial charge in [0, 0.05) is 0 Å². The van der Waals surface area contributed by atoms with Gasteiger partial charge in [-0.1, -0.05) is 71.9 Å². The van der Waals surface area contributed by atoms with Crippen LogP contribution < -0.4 is 9.47 Å². The molecule has 176 valence electrons. The van der Waals surface area contributed by atoms with Crippen molar-refractivity contribution in [1.82, 2.24) is 0 Å². The van der Waals surface area contributed by atoms with Crippen molar-refractivity contribution in [2.24, 2.45) is 0 Å². The summed E-state index contributed by atoms with van der Waals surface area (Å²) in [5, 5.41) is 0. The molecule has 0 saturated carbocycles. The van der Waals surface area contributed by atoms with Crippen LogP contribution in [0.25, 0.3) is 0 Å². The van der Waals surface area contributed by atoms with Crippen molar-refractivity contribution in [1.29, 1.82) is 0 Å². The SMILES string of the molecule is COC(=O)c1ccc(O[C@@H](CO[Si](C(C)C)(C(C)C)C(C)C)c2ccccc2)c(OC)c1. The highest BCUT2D eigenvalue weighted by Crippen LogP contribution is 2.43. The van der Waals surface area contributed by atoms with E-state index in [1.54, 1.807) is 25.3 Å². The predicted octanol–water partition coefficient (Wildman–Crippen LogP) is 6.79. The highest BCUT2D eigenvalue weighted by atomic mass is 28.4. The second-order valence-electron chi connectivity index (χ2n) is 9.00. The Morgan fingerprint density at radius 3 is 1.94 bits per heavy atom. The topological polar surface area (TPSA) is 54.0 Å². The van der Waals surface area contributed by atoms with E-state index in [0.717, 1.165) is 5.56 Å². The van der Waals surface area contributed by atoms with Gasteiger partial charge in [-0.25, -0.2) is 4.79 Å². The Balaban J connectivity index is 2.38. The van der Waals surface area contributed by atoms with E-state index < -0.39 is 14.3 Å². The van der Waals surface area contributed by atoms with Gasteiger partial charge in [-0.3, -0.25) is 0 Å². The van der Waals surface area contributed by atoms with Crippen LogP contribution in [-0.4, -0.2) is 35.1 Å². The van der Waals surface area contributed by atoms with Crippen molar-refractivity contribution in [3.8, 4) is 11.5 Å². The number of ether oxygens (including phenoxy) is 3. The number of hydrogen-bond donors (Lipinski definition) is 0. The van der Waals surface area contributed by atoms with Crippen molar-refractivity contribution in [2.75, 3.05) is 20.8 Å². The lowest BCUT2D eigenvalue weighted by Gasteiger charge is -2.43. The Bertz CT molecular complexity index is 842. The quantitative estimate of drug-likeness (QED) is 0.274. The maximum absolute atomic E-state index is 11.9. The number of rotatable bonds is 11. The van der Waals surface area contributed by atoms with E-state index in [0.29, 0.717) is 40.3 Å². The van der Waals surface area contributed by atoms with Crippen LogP contribution in [0.15, 0.2) is 48.5 Å². The summed E-state index contributed by atoms with van der Waals surface area (Å²) in [6.45, 7) is 14.1. The molecule has 0 heterocycles. The van der Waals surface area contributed by atoms with Gasteiger partial charge in [-0.05, 0) is 40.4 Å². The van der Waals surface area contributed by atoms with E-state index in [4.69, 9.17) is 18.6 Å². The Morgan fingerprint density at radius 2 is 1.44 bits per heavy atom. The van der Waals surface area contributed by atoms with Gasteiger partial charge >= 0.3 is 5.97 Å². The normalized spacial score (nSPS) is 12.8. The molecule has 0 unspecified atom stereocenters. The van der Waals surface area contributed by atoms with Crippen LogP contribution in [0.4, 0.5) is 0 Å². The molecular formula is C26H38O5Si. The Labute approximate surface area is 194 Å². The summed E-state index contributed by atoms with van der Waals surface area (Å²) >= 11 is 0. The standard InChI is InChI=1S/C26H38O5Si/c1-18(2)32(19(3)4,20(5)6)30-17-25(21-12-10-9-11-13-21)31-23-15-14-22(26(27)29-8)16-24(23)28-7/h9-16,18-20,25H,17H2,1-8H3/t25-/m0/s1. The first-order valence-electron chi connectivity index (χ1n) is 11.3. The molecule has 0 aromatic heterocycles. The van der Waals surface area contributed by atoms with E-state index >= 15 is 0 Å². The van der Waals surface area contributed by atoms with Crippen molar-refractivity contribution in [3.63, 3.8) is 0 Å². The molecule has 2 aromatic rings. The van der Waals surface area contributed by atoms with Crippen LogP contribution in [-0.2, 0) is 9.16 Å². The first-order valence-corrected chi connectivity index (χ1v) is 13.4. The van der Waals surface area contributed by atoms with Crippen molar-refractivity contribution < 1.29 is 23.4 Å². The lowest BCUT2D eigenvalue weighted by molar-refractivity contribution is 0.0600. The molecule has 0 amide bonds. The second-order valence-corrected chi connectivity index (χ2v) is 14.5. The fraction of sp³-hybridized carbons (Fsp3) is 0.500. The minimum Gasteiger partial charge on any atom is -0.493 e. The van der Waals surface area contributed by atoms with Crippen molar-refractivity contribution in [2.45, 2.75) is 64.3 Å². The van der Waals surface area contributed by atoms with E-state index in [-0.39, 0.29) is 6.10 Å². The molecule has 0 aliphatic carbocycles. The number of hydrogen-bond acceptors (Lipinski definition) is 5. The highest BCUT2D eigenvalue weighted by molar-refractivity contribution is 6.77. The van der Waals surface area contributed by atoms with Gasteiger partial charge in [-0.2, -0.15) is 0 Å². The lowest BCUT2D eigenvalue weighted by Crippen LogP contribution is -2.48. The molecule has 0 saturated heterocycles. The van der Waals surface area contributed by atoms with Crippen LogP contribution in [0.5, 0.6) is 11.5 Å². The van der Waals surface area contributed by atoms with E-state index in [2.05, 4.69) is 41.5 Å². The predicted molar refractivity (Wildman–Crippen MR) is 131 cm³/mol. The summed E-state index contributed by atoms with van der Waals surface area (Å²) in [6.07, 6.45) is -0.308. The van der Waals surface area contributed by atoms with E-state index in [9.17, 15) is 4.79 Å². The molecular weight excluding hydrogens is 420 g/mol. The smallest absolute Gasteiger partial charge is 0.337 e. The molecule has 0 N–H and O–H groups in total. The minimum absolute atomic E-state index is 0.308. The van der Waals surface area contributed by atoms with Gasteiger partial charge < -0.3 is 18.6 Å². The molecule has 0 aliphatic heterocycles. The average molecular weight is 459 g/mol. The van der Waals surface area contributed by atoms with Gasteiger partial charge in [0.1, 0.15) is 6.10 Å². The Kier molecular flexibility index (Phi) is 9.34. The zero-order valence-electron chi connectivity index (χ0n) is 20.7. The Hall–Kier alpha value is -2.31. The van der Waals surface area contributed by atoms with Gasteiger partial charge in [-0.15, -0.1) is 0 Å². The zero-order valence-corrected chi connectivity index (χ0v) is 21.7. The second kappa shape index (κ2) is 11.5. The maximum Gasteiger partial charge on any atom is 0.337 e. The molecule has 2 rings (SSSR count). The summed E-state index contributed by atoms with van der Waals surface area (Å²) in [5.41, 5.74) is 2.88. The van der Waals surface area contributed by atoms with Gasteiger partial charge in [0.05, 0.1) is 26.4 Å². The molecule has 2 aromatic carbocycles. The molecule has 0 radical (unpaired) electrons. The van der Waals surface area contributed by atoms with Crippen molar-refractivity contribution in [3.05, 3.63) is 59.7 Å². The zero-order chi connectivity index (χ0) is 23.9. The van der Waals surface area contributed by atoms with Gasteiger partial charge in [0.15, 0.2) is 11.5 Å². The van der Waals surface area contributed by atoms with Gasteiger partial charge in [0.25, 0.3) is 0 Å².